The fourth-order valence-electron chi connectivity index (χ4n) is 5.11. The predicted octanol–water partition coefficient (Wildman–Crippen LogP) is 5.63. The second-order valence-corrected chi connectivity index (χ2v) is 8.65. The lowest BCUT2D eigenvalue weighted by molar-refractivity contribution is -0.116. The summed E-state index contributed by atoms with van der Waals surface area (Å²) in [5.74, 6) is 0.408. The number of allylic oxidation sites excluding steroid dienone is 3. The molecule has 5 heteroatoms. The van der Waals surface area contributed by atoms with Gasteiger partial charge in [0.15, 0.2) is 11.6 Å². The van der Waals surface area contributed by atoms with E-state index >= 15 is 0 Å². The van der Waals surface area contributed by atoms with Crippen LogP contribution in [-0.2, 0) is 4.79 Å². The molecule has 31 heavy (non-hydrogen) atoms. The zero-order chi connectivity index (χ0) is 21.1. The van der Waals surface area contributed by atoms with Gasteiger partial charge in [0, 0.05) is 51.2 Å². The first-order valence-corrected chi connectivity index (χ1v) is 10.7. The van der Waals surface area contributed by atoms with Gasteiger partial charge in [0.05, 0.1) is 12.0 Å². The van der Waals surface area contributed by atoms with Gasteiger partial charge in [-0.1, -0.05) is 48.0 Å². The van der Waals surface area contributed by atoms with Gasteiger partial charge >= 0.3 is 0 Å². The standard InChI is InChI=1S/C26H18ClNO3/c27-16-9-7-14(8-10-16)22-23-19(12-15(13-20(23)29)21-6-3-11-31-21)28-25-17-4-1-2-5-18(17)26(30)24(22)25/h1-11,15,22,28H,12-13H2/t15-,22+/m0/s1. The maximum atomic E-state index is 13.5. The Balaban J connectivity index is 1.53. The van der Waals surface area contributed by atoms with Gasteiger partial charge in [-0.05, 0) is 36.2 Å². The SMILES string of the molecule is O=C1C[C@@H](c2ccco2)CC2=C1[C@@H](c1ccc(Cl)cc1)C1=C(N2)c2ccccc2C1=O. The van der Waals surface area contributed by atoms with Crippen LogP contribution in [0.4, 0.5) is 0 Å². The Morgan fingerprint density at radius 3 is 2.39 bits per heavy atom. The van der Waals surface area contributed by atoms with Crippen LogP contribution in [0.25, 0.3) is 5.70 Å². The van der Waals surface area contributed by atoms with Crippen LogP contribution in [0.3, 0.4) is 0 Å². The number of carbonyl (C=O) groups excluding carboxylic acids is 2. The Bertz CT molecular complexity index is 1300. The third-order valence-electron chi connectivity index (χ3n) is 6.46. The smallest absolute Gasteiger partial charge is 0.192 e. The number of benzene rings is 2. The van der Waals surface area contributed by atoms with Crippen molar-refractivity contribution in [3.8, 4) is 0 Å². The molecule has 2 heterocycles. The molecular formula is C26H18ClNO3. The number of fused-ring (bicyclic) bond motifs is 2. The van der Waals surface area contributed by atoms with Crippen LogP contribution in [0.2, 0.25) is 5.02 Å². The number of hydrogen-bond acceptors (Lipinski definition) is 4. The van der Waals surface area contributed by atoms with Crippen molar-refractivity contribution in [3.63, 3.8) is 0 Å². The van der Waals surface area contributed by atoms with E-state index in [9.17, 15) is 9.59 Å². The number of rotatable bonds is 2. The molecule has 152 valence electrons. The highest BCUT2D eigenvalue weighted by atomic mass is 35.5. The van der Waals surface area contributed by atoms with Gasteiger partial charge in [0.2, 0.25) is 0 Å². The number of carbonyl (C=O) groups is 2. The summed E-state index contributed by atoms with van der Waals surface area (Å²) in [4.78, 5) is 26.9. The average molecular weight is 428 g/mol. The number of furan rings is 1. The van der Waals surface area contributed by atoms with E-state index in [0.29, 0.717) is 34.6 Å². The molecule has 1 aromatic heterocycles. The summed E-state index contributed by atoms with van der Waals surface area (Å²) in [6.45, 7) is 0. The van der Waals surface area contributed by atoms with E-state index in [2.05, 4.69) is 5.32 Å². The van der Waals surface area contributed by atoms with Crippen molar-refractivity contribution in [1.29, 1.82) is 0 Å². The summed E-state index contributed by atoms with van der Waals surface area (Å²) in [6.07, 6.45) is 2.66. The number of hydrogen-bond donors (Lipinski definition) is 1. The van der Waals surface area contributed by atoms with E-state index < -0.39 is 5.92 Å². The molecule has 0 fully saturated rings. The molecule has 3 aliphatic rings. The molecule has 3 aromatic rings. The van der Waals surface area contributed by atoms with Gasteiger partial charge in [-0.3, -0.25) is 9.59 Å². The van der Waals surface area contributed by atoms with Crippen LogP contribution in [0.1, 0.15) is 51.9 Å². The highest BCUT2D eigenvalue weighted by molar-refractivity contribution is 6.30. The van der Waals surface area contributed by atoms with Crippen molar-refractivity contribution in [2.45, 2.75) is 24.7 Å². The second-order valence-electron chi connectivity index (χ2n) is 8.21. The van der Waals surface area contributed by atoms with Gasteiger partial charge < -0.3 is 9.73 Å². The van der Waals surface area contributed by atoms with Crippen LogP contribution >= 0.6 is 11.6 Å². The van der Waals surface area contributed by atoms with Crippen molar-refractivity contribution in [1.82, 2.24) is 5.32 Å². The molecule has 4 nitrogen and oxygen atoms in total. The van der Waals surface area contributed by atoms with E-state index in [0.717, 1.165) is 28.3 Å². The highest BCUT2D eigenvalue weighted by Crippen LogP contribution is 2.50. The molecule has 0 unspecified atom stereocenters. The molecule has 0 radical (unpaired) electrons. The monoisotopic (exact) mass is 427 g/mol. The molecule has 1 aliphatic heterocycles. The summed E-state index contributed by atoms with van der Waals surface area (Å²) in [7, 11) is 0. The topological polar surface area (TPSA) is 59.3 Å². The number of halogens is 1. The predicted molar refractivity (Wildman–Crippen MR) is 118 cm³/mol. The molecular weight excluding hydrogens is 410 g/mol. The van der Waals surface area contributed by atoms with Crippen LogP contribution in [0.5, 0.6) is 0 Å². The molecule has 0 amide bonds. The summed E-state index contributed by atoms with van der Waals surface area (Å²) in [5.41, 5.74) is 5.48. The minimum atomic E-state index is -0.409. The summed E-state index contributed by atoms with van der Waals surface area (Å²) in [6, 6.07) is 18.8. The maximum absolute atomic E-state index is 13.5. The quantitative estimate of drug-likeness (QED) is 0.576. The van der Waals surface area contributed by atoms with E-state index in [-0.39, 0.29) is 17.5 Å². The lowest BCUT2D eigenvalue weighted by Crippen LogP contribution is -2.33. The summed E-state index contributed by atoms with van der Waals surface area (Å²) >= 11 is 6.13. The highest BCUT2D eigenvalue weighted by Gasteiger charge is 2.45. The van der Waals surface area contributed by atoms with Crippen LogP contribution in [-0.4, -0.2) is 11.6 Å². The van der Waals surface area contributed by atoms with Crippen LogP contribution in [0, 0.1) is 0 Å². The third-order valence-corrected chi connectivity index (χ3v) is 6.72. The Morgan fingerprint density at radius 2 is 1.65 bits per heavy atom. The molecule has 0 bridgehead atoms. The van der Waals surface area contributed by atoms with Gasteiger partial charge in [-0.15, -0.1) is 0 Å². The van der Waals surface area contributed by atoms with Gasteiger partial charge in [-0.25, -0.2) is 0 Å². The van der Waals surface area contributed by atoms with Crippen molar-refractivity contribution >= 4 is 28.9 Å². The Morgan fingerprint density at radius 1 is 0.871 bits per heavy atom. The normalized spacial score (nSPS) is 22.2. The van der Waals surface area contributed by atoms with Crippen LogP contribution in [0.15, 0.2) is 88.2 Å². The largest absolute Gasteiger partial charge is 0.469 e. The molecule has 0 saturated heterocycles. The van der Waals surface area contributed by atoms with E-state index in [1.165, 1.54) is 0 Å². The Hall–Kier alpha value is -3.37. The fourth-order valence-corrected chi connectivity index (χ4v) is 5.23. The molecule has 0 spiro atoms. The van der Waals surface area contributed by atoms with Gasteiger partial charge in [-0.2, -0.15) is 0 Å². The summed E-state index contributed by atoms with van der Waals surface area (Å²) < 4.78 is 5.60. The van der Waals surface area contributed by atoms with E-state index in [1.807, 2.05) is 60.7 Å². The molecule has 1 N–H and O–H groups in total. The molecule has 2 atom stereocenters. The second kappa shape index (κ2) is 6.82. The lowest BCUT2D eigenvalue weighted by atomic mass is 9.72. The van der Waals surface area contributed by atoms with Crippen molar-refractivity contribution in [3.05, 3.63) is 111 Å². The first-order chi connectivity index (χ1) is 15.1. The zero-order valence-electron chi connectivity index (χ0n) is 16.5. The van der Waals surface area contributed by atoms with E-state index in [4.69, 9.17) is 16.0 Å². The first-order valence-electron chi connectivity index (χ1n) is 10.3. The molecule has 6 rings (SSSR count). The number of nitrogens with one attached hydrogen (secondary N) is 1. The van der Waals surface area contributed by atoms with Crippen LogP contribution < -0.4 is 5.32 Å². The maximum Gasteiger partial charge on any atom is 0.192 e. The number of dihydropyridines is 1. The van der Waals surface area contributed by atoms with Gasteiger partial charge in [0.25, 0.3) is 0 Å². The third kappa shape index (κ3) is 2.75. The van der Waals surface area contributed by atoms with Crippen molar-refractivity contribution in [2.24, 2.45) is 0 Å². The number of ketones is 2. The van der Waals surface area contributed by atoms with Crippen molar-refractivity contribution < 1.29 is 14.0 Å². The van der Waals surface area contributed by atoms with E-state index in [1.54, 1.807) is 6.26 Å². The minimum absolute atomic E-state index is 0.0193. The Kier molecular flexibility index (Phi) is 4.05. The lowest BCUT2D eigenvalue weighted by Gasteiger charge is -2.35. The average Bonchev–Trinajstić information content (AvgIpc) is 3.41. The minimum Gasteiger partial charge on any atom is -0.469 e. The number of Topliss-reactive ketones (excluding diaryl/α,β-unsaturated/α-hetero) is 2. The Labute approximate surface area is 184 Å². The van der Waals surface area contributed by atoms with Gasteiger partial charge in [0.1, 0.15) is 5.76 Å². The molecule has 2 aromatic carbocycles. The molecule has 2 aliphatic carbocycles. The zero-order valence-corrected chi connectivity index (χ0v) is 17.3. The summed E-state index contributed by atoms with van der Waals surface area (Å²) in [5, 5.41) is 4.11. The molecule has 0 saturated carbocycles. The first kappa shape index (κ1) is 18.4. The fraction of sp³-hybridized carbons (Fsp3) is 0.154. The van der Waals surface area contributed by atoms with Crippen molar-refractivity contribution in [2.75, 3.05) is 0 Å².